The molecule has 0 aliphatic heterocycles. The van der Waals surface area contributed by atoms with E-state index in [1.807, 2.05) is 6.92 Å². The minimum Gasteiger partial charge on any atom is -0.479 e. The first-order chi connectivity index (χ1) is 6.54. The zero-order chi connectivity index (χ0) is 10.7. The van der Waals surface area contributed by atoms with Crippen molar-refractivity contribution >= 4 is 21.9 Å². The Labute approximate surface area is 90.0 Å². The summed E-state index contributed by atoms with van der Waals surface area (Å²) in [5.74, 6) is -0.356. The Morgan fingerprint density at radius 1 is 1.79 bits per heavy atom. The second-order valence-electron chi connectivity index (χ2n) is 2.92. The predicted molar refractivity (Wildman–Crippen MR) is 53.3 cm³/mol. The maximum atomic E-state index is 10.7. The van der Waals surface area contributed by atoms with Crippen molar-refractivity contribution in [2.75, 3.05) is 7.11 Å². The number of carboxylic acids is 1. The van der Waals surface area contributed by atoms with E-state index in [2.05, 4.69) is 15.9 Å². The molecular formula is C9H11BrO4. The molecule has 1 unspecified atom stereocenters. The standard InChI is InChI=1S/C9H11BrO4/c1-5-3-8(10)14-6(5)4-7(13-2)9(11)12/h3,7H,4H2,1-2H3,(H,11,12). The van der Waals surface area contributed by atoms with Crippen molar-refractivity contribution in [3.63, 3.8) is 0 Å². The van der Waals surface area contributed by atoms with Gasteiger partial charge in [-0.2, -0.15) is 0 Å². The molecule has 0 amide bonds. The molecule has 1 rings (SSSR count). The van der Waals surface area contributed by atoms with Gasteiger partial charge < -0.3 is 14.3 Å². The zero-order valence-electron chi connectivity index (χ0n) is 7.91. The molecule has 0 aromatic carbocycles. The first-order valence-electron chi connectivity index (χ1n) is 4.05. The van der Waals surface area contributed by atoms with Gasteiger partial charge in [0.1, 0.15) is 5.76 Å². The average Bonchev–Trinajstić information content (AvgIpc) is 2.40. The van der Waals surface area contributed by atoms with E-state index >= 15 is 0 Å². The van der Waals surface area contributed by atoms with E-state index in [-0.39, 0.29) is 6.42 Å². The molecule has 1 aromatic heterocycles. The highest BCUT2D eigenvalue weighted by atomic mass is 79.9. The van der Waals surface area contributed by atoms with Crippen molar-refractivity contribution in [3.8, 4) is 0 Å². The third-order valence-electron chi connectivity index (χ3n) is 1.92. The van der Waals surface area contributed by atoms with Crippen molar-refractivity contribution in [3.05, 3.63) is 22.1 Å². The van der Waals surface area contributed by atoms with Gasteiger partial charge in [0, 0.05) is 13.5 Å². The summed E-state index contributed by atoms with van der Waals surface area (Å²) in [6, 6.07) is 1.80. The monoisotopic (exact) mass is 262 g/mol. The van der Waals surface area contributed by atoms with Crippen LogP contribution in [0.3, 0.4) is 0 Å². The summed E-state index contributed by atoms with van der Waals surface area (Å²) in [5.41, 5.74) is 0.917. The molecule has 0 radical (unpaired) electrons. The van der Waals surface area contributed by atoms with Crippen molar-refractivity contribution < 1.29 is 19.1 Å². The molecule has 1 aromatic rings. The first kappa shape index (κ1) is 11.3. The van der Waals surface area contributed by atoms with Crippen LogP contribution in [0, 0.1) is 6.92 Å². The number of hydrogen-bond acceptors (Lipinski definition) is 3. The Hall–Kier alpha value is -0.810. The number of aliphatic carboxylic acids is 1. The Bertz CT molecular complexity index is 332. The lowest BCUT2D eigenvalue weighted by Crippen LogP contribution is -2.24. The largest absolute Gasteiger partial charge is 0.479 e. The van der Waals surface area contributed by atoms with Crippen molar-refractivity contribution in [2.24, 2.45) is 0 Å². The molecule has 0 saturated heterocycles. The fraction of sp³-hybridized carbons (Fsp3) is 0.444. The highest BCUT2D eigenvalue weighted by Crippen LogP contribution is 2.21. The van der Waals surface area contributed by atoms with Crippen molar-refractivity contribution in [1.29, 1.82) is 0 Å². The van der Waals surface area contributed by atoms with E-state index in [9.17, 15) is 4.79 Å². The van der Waals surface area contributed by atoms with Crippen LogP contribution in [0.15, 0.2) is 15.2 Å². The quantitative estimate of drug-likeness (QED) is 0.902. The van der Waals surface area contributed by atoms with E-state index in [4.69, 9.17) is 14.3 Å². The minimum atomic E-state index is -0.987. The Morgan fingerprint density at radius 3 is 2.79 bits per heavy atom. The van der Waals surface area contributed by atoms with Gasteiger partial charge >= 0.3 is 5.97 Å². The van der Waals surface area contributed by atoms with Gasteiger partial charge in [-0.1, -0.05) is 0 Å². The first-order valence-corrected chi connectivity index (χ1v) is 4.84. The van der Waals surface area contributed by atoms with E-state index in [0.717, 1.165) is 5.56 Å². The predicted octanol–water partition coefficient (Wildman–Crippen LogP) is 1.99. The molecule has 78 valence electrons. The van der Waals surface area contributed by atoms with Gasteiger partial charge in [-0.25, -0.2) is 4.79 Å². The van der Waals surface area contributed by atoms with E-state index in [1.165, 1.54) is 7.11 Å². The number of rotatable bonds is 4. The van der Waals surface area contributed by atoms with Gasteiger partial charge in [-0.05, 0) is 34.5 Å². The summed E-state index contributed by atoms with van der Waals surface area (Å²) in [4.78, 5) is 10.7. The van der Waals surface area contributed by atoms with Crippen LogP contribution in [-0.2, 0) is 16.0 Å². The minimum absolute atomic E-state index is 0.239. The number of furan rings is 1. The lowest BCUT2D eigenvalue weighted by molar-refractivity contribution is -0.148. The molecule has 0 bridgehead atoms. The van der Waals surface area contributed by atoms with Crippen LogP contribution in [0.4, 0.5) is 0 Å². The summed E-state index contributed by atoms with van der Waals surface area (Å²) in [5, 5.41) is 8.75. The fourth-order valence-corrected chi connectivity index (χ4v) is 1.66. The molecule has 1 N–H and O–H groups in total. The van der Waals surface area contributed by atoms with Gasteiger partial charge in [0.15, 0.2) is 10.8 Å². The molecule has 14 heavy (non-hydrogen) atoms. The molecule has 0 spiro atoms. The third kappa shape index (κ3) is 2.59. The van der Waals surface area contributed by atoms with Gasteiger partial charge in [0.25, 0.3) is 0 Å². The number of aryl methyl sites for hydroxylation is 1. The SMILES string of the molecule is COC(Cc1oc(Br)cc1C)C(=O)O. The second-order valence-corrected chi connectivity index (χ2v) is 3.70. The van der Waals surface area contributed by atoms with Crippen LogP contribution in [0.1, 0.15) is 11.3 Å². The Morgan fingerprint density at radius 2 is 2.43 bits per heavy atom. The molecule has 0 fully saturated rings. The number of hydrogen-bond donors (Lipinski definition) is 1. The maximum absolute atomic E-state index is 10.7. The molecule has 0 saturated carbocycles. The van der Waals surface area contributed by atoms with Crippen LogP contribution in [-0.4, -0.2) is 24.3 Å². The maximum Gasteiger partial charge on any atom is 0.333 e. The number of ether oxygens (including phenoxy) is 1. The van der Waals surface area contributed by atoms with Gasteiger partial charge in [-0.3, -0.25) is 0 Å². The van der Waals surface area contributed by atoms with Gasteiger partial charge in [-0.15, -0.1) is 0 Å². The highest BCUT2D eigenvalue weighted by molar-refractivity contribution is 9.10. The molecule has 4 nitrogen and oxygen atoms in total. The van der Waals surface area contributed by atoms with Crippen LogP contribution >= 0.6 is 15.9 Å². The summed E-state index contributed by atoms with van der Waals surface area (Å²) in [6.45, 7) is 1.86. The van der Waals surface area contributed by atoms with Gasteiger partial charge in [0.05, 0.1) is 0 Å². The Balaban J connectivity index is 2.76. The smallest absolute Gasteiger partial charge is 0.333 e. The third-order valence-corrected chi connectivity index (χ3v) is 2.31. The van der Waals surface area contributed by atoms with Crippen LogP contribution in [0.25, 0.3) is 0 Å². The molecular weight excluding hydrogens is 252 g/mol. The second kappa shape index (κ2) is 4.61. The lowest BCUT2D eigenvalue weighted by Gasteiger charge is -2.08. The number of halogens is 1. The molecule has 0 aliphatic rings. The fourth-order valence-electron chi connectivity index (χ4n) is 1.12. The van der Waals surface area contributed by atoms with Crippen molar-refractivity contribution in [1.82, 2.24) is 0 Å². The zero-order valence-corrected chi connectivity index (χ0v) is 9.50. The summed E-state index contributed by atoms with van der Waals surface area (Å²) >= 11 is 3.18. The van der Waals surface area contributed by atoms with E-state index < -0.39 is 12.1 Å². The number of carbonyl (C=O) groups is 1. The molecule has 5 heteroatoms. The van der Waals surface area contributed by atoms with Crippen LogP contribution in [0.2, 0.25) is 0 Å². The average molecular weight is 263 g/mol. The Kier molecular flexibility index (Phi) is 3.71. The highest BCUT2D eigenvalue weighted by Gasteiger charge is 2.20. The molecule has 1 heterocycles. The van der Waals surface area contributed by atoms with E-state index in [1.54, 1.807) is 6.07 Å². The summed E-state index contributed by atoms with van der Waals surface area (Å²) in [6.07, 6.45) is -0.616. The lowest BCUT2D eigenvalue weighted by atomic mass is 10.1. The topological polar surface area (TPSA) is 59.7 Å². The number of carboxylic acid groups (broad SMARTS) is 1. The van der Waals surface area contributed by atoms with Crippen molar-refractivity contribution in [2.45, 2.75) is 19.4 Å². The normalized spacial score (nSPS) is 12.8. The molecule has 1 atom stereocenters. The van der Waals surface area contributed by atoms with Crippen LogP contribution in [0.5, 0.6) is 0 Å². The summed E-state index contributed by atoms with van der Waals surface area (Å²) in [7, 11) is 1.37. The molecule has 0 aliphatic carbocycles. The number of methoxy groups -OCH3 is 1. The van der Waals surface area contributed by atoms with Gasteiger partial charge in [0.2, 0.25) is 0 Å². The van der Waals surface area contributed by atoms with Crippen LogP contribution < -0.4 is 0 Å². The summed E-state index contributed by atoms with van der Waals surface area (Å²) < 4.78 is 10.7. The van der Waals surface area contributed by atoms with E-state index in [0.29, 0.717) is 10.4 Å².